The number of hydrogen-bond donors (Lipinski definition) is 0. The molecule has 6 aromatic rings. The summed E-state index contributed by atoms with van der Waals surface area (Å²) in [6, 6.07) is 44.3. The molecule has 0 radical (unpaired) electrons. The molecule has 4 aromatic carbocycles. The van der Waals surface area contributed by atoms with Gasteiger partial charge < -0.3 is 9.80 Å². The normalized spacial score (nSPS) is 13.0. The van der Waals surface area contributed by atoms with Crippen molar-refractivity contribution in [2.75, 3.05) is 9.80 Å². The highest BCUT2D eigenvalue weighted by Gasteiger charge is 2.39. The van der Waals surface area contributed by atoms with Gasteiger partial charge in [-0.05, 0) is 112 Å². The number of benzene rings is 4. The second-order valence-electron chi connectivity index (χ2n) is 10.8. The van der Waals surface area contributed by atoms with E-state index in [0.29, 0.717) is 0 Å². The van der Waals surface area contributed by atoms with Crippen molar-refractivity contribution in [2.45, 2.75) is 32.1 Å². The van der Waals surface area contributed by atoms with E-state index in [-0.39, 0.29) is 5.41 Å². The van der Waals surface area contributed by atoms with E-state index in [1.54, 1.807) is 22.7 Å². The fourth-order valence-electron chi connectivity index (χ4n) is 6.40. The summed E-state index contributed by atoms with van der Waals surface area (Å²) in [5, 5.41) is 6.76. The van der Waals surface area contributed by atoms with Crippen molar-refractivity contribution in [3.63, 3.8) is 0 Å². The second kappa shape index (κ2) is 10.7. The number of fused-ring (bicyclic) bond motifs is 3. The van der Waals surface area contributed by atoms with Crippen molar-refractivity contribution < 1.29 is 0 Å². The average molecular weight is 569 g/mol. The SMILES string of the molecule is CCCC1(C)c2cc(N(c3ccccc3)c3cccs3)ccc2-c2ccc(N(c3ccccc3)c3cccs3)cc21. The summed E-state index contributed by atoms with van der Waals surface area (Å²) in [4.78, 5) is 4.78. The van der Waals surface area contributed by atoms with Gasteiger partial charge in [-0.2, -0.15) is 0 Å². The maximum Gasteiger partial charge on any atom is 0.0999 e. The molecule has 0 atom stereocenters. The quantitative estimate of drug-likeness (QED) is 0.180. The van der Waals surface area contributed by atoms with Crippen LogP contribution in [-0.2, 0) is 5.41 Å². The van der Waals surface area contributed by atoms with Gasteiger partial charge in [-0.25, -0.2) is 0 Å². The Labute approximate surface area is 250 Å². The number of para-hydroxylation sites is 2. The Balaban J connectivity index is 1.37. The summed E-state index contributed by atoms with van der Waals surface area (Å²) < 4.78 is 0. The predicted molar refractivity (Wildman–Crippen MR) is 178 cm³/mol. The lowest BCUT2D eigenvalue weighted by Crippen LogP contribution is -2.21. The van der Waals surface area contributed by atoms with Gasteiger partial charge in [-0.15, -0.1) is 22.7 Å². The highest BCUT2D eigenvalue weighted by Crippen LogP contribution is 2.54. The van der Waals surface area contributed by atoms with Crippen molar-refractivity contribution in [3.8, 4) is 11.1 Å². The molecule has 2 heterocycles. The fourth-order valence-corrected chi connectivity index (χ4v) is 7.94. The lowest BCUT2D eigenvalue weighted by atomic mass is 9.76. The zero-order valence-corrected chi connectivity index (χ0v) is 25.0. The van der Waals surface area contributed by atoms with Crippen LogP contribution in [0, 0.1) is 0 Å². The molecule has 1 aliphatic carbocycles. The van der Waals surface area contributed by atoms with Crippen LogP contribution in [-0.4, -0.2) is 0 Å². The van der Waals surface area contributed by atoms with Crippen LogP contribution in [0.5, 0.6) is 0 Å². The van der Waals surface area contributed by atoms with Crippen LogP contribution in [0.4, 0.5) is 32.8 Å². The molecule has 202 valence electrons. The standard InChI is InChI=1S/C37H32N2S2/c1-3-22-37(2)33-25-29(38(35-16-10-23-40-35)27-12-6-4-7-13-27)18-20-31(33)32-21-19-30(26-34(32)37)39(36-17-11-24-41-36)28-14-8-5-9-15-28/h4-21,23-26H,3,22H2,1-2H3. The van der Waals surface area contributed by atoms with Crippen LogP contribution in [0.3, 0.4) is 0 Å². The van der Waals surface area contributed by atoms with Gasteiger partial charge in [0.05, 0.1) is 10.0 Å². The summed E-state index contributed by atoms with van der Waals surface area (Å²) in [5.41, 5.74) is 10.2. The first-order valence-corrected chi connectivity index (χ1v) is 16.0. The Hall–Kier alpha value is -4.12. The summed E-state index contributed by atoms with van der Waals surface area (Å²) in [6.45, 7) is 4.76. The van der Waals surface area contributed by atoms with Gasteiger partial charge in [-0.3, -0.25) is 0 Å². The molecule has 0 bridgehead atoms. The molecule has 0 fully saturated rings. The van der Waals surface area contributed by atoms with Gasteiger partial charge in [0.2, 0.25) is 0 Å². The Kier molecular flexibility index (Phi) is 6.74. The molecule has 0 saturated carbocycles. The molecule has 7 rings (SSSR count). The largest absolute Gasteiger partial charge is 0.302 e. The molecule has 0 spiro atoms. The minimum atomic E-state index is -0.0823. The van der Waals surface area contributed by atoms with Crippen LogP contribution < -0.4 is 9.80 Å². The molecule has 2 aromatic heterocycles. The third kappa shape index (κ3) is 4.48. The summed E-state index contributed by atoms with van der Waals surface area (Å²) in [6.07, 6.45) is 2.21. The van der Waals surface area contributed by atoms with E-state index < -0.39 is 0 Å². The topological polar surface area (TPSA) is 6.48 Å². The van der Waals surface area contributed by atoms with Gasteiger partial charge in [-0.1, -0.05) is 68.8 Å². The van der Waals surface area contributed by atoms with E-state index in [4.69, 9.17) is 0 Å². The molecule has 0 aliphatic heterocycles. The van der Waals surface area contributed by atoms with Gasteiger partial charge >= 0.3 is 0 Å². The van der Waals surface area contributed by atoms with E-state index in [0.717, 1.165) is 12.8 Å². The third-order valence-corrected chi connectivity index (χ3v) is 9.94. The molecule has 1 aliphatic rings. The van der Waals surface area contributed by atoms with E-state index in [2.05, 4.69) is 156 Å². The van der Waals surface area contributed by atoms with Crippen LogP contribution in [0.15, 0.2) is 132 Å². The minimum Gasteiger partial charge on any atom is -0.302 e. The molecular formula is C37H32N2S2. The maximum atomic E-state index is 2.45. The zero-order valence-electron chi connectivity index (χ0n) is 23.3. The number of thiophene rings is 2. The first-order valence-electron chi connectivity index (χ1n) is 14.2. The summed E-state index contributed by atoms with van der Waals surface area (Å²) in [7, 11) is 0. The molecule has 0 N–H and O–H groups in total. The van der Waals surface area contributed by atoms with Gasteiger partial charge in [0.25, 0.3) is 0 Å². The average Bonchev–Trinajstić information content (AvgIpc) is 3.78. The van der Waals surface area contributed by atoms with Crippen LogP contribution in [0.1, 0.15) is 37.8 Å². The molecular weight excluding hydrogens is 537 g/mol. The number of anilines is 6. The van der Waals surface area contributed by atoms with E-state index in [1.807, 2.05) is 0 Å². The lowest BCUT2D eigenvalue weighted by Gasteiger charge is -2.30. The Morgan fingerprint density at radius 3 is 1.39 bits per heavy atom. The molecule has 4 heteroatoms. The molecule has 0 amide bonds. The Morgan fingerprint density at radius 2 is 1.00 bits per heavy atom. The third-order valence-electron chi connectivity index (χ3n) is 8.23. The molecule has 0 unspecified atom stereocenters. The molecule has 0 saturated heterocycles. The molecule has 2 nitrogen and oxygen atoms in total. The van der Waals surface area contributed by atoms with Crippen molar-refractivity contribution in [3.05, 3.63) is 143 Å². The fraction of sp³-hybridized carbons (Fsp3) is 0.135. The Bertz CT molecular complexity index is 1630. The highest BCUT2D eigenvalue weighted by atomic mass is 32.1. The number of rotatable bonds is 8. The van der Waals surface area contributed by atoms with Crippen molar-refractivity contribution >= 4 is 55.4 Å². The maximum absolute atomic E-state index is 2.45. The van der Waals surface area contributed by atoms with Crippen molar-refractivity contribution in [2.24, 2.45) is 0 Å². The van der Waals surface area contributed by atoms with Crippen LogP contribution in [0.2, 0.25) is 0 Å². The first-order chi connectivity index (χ1) is 20.2. The minimum absolute atomic E-state index is 0.0823. The number of hydrogen-bond acceptors (Lipinski definition) is 4. The smallest absolute Gasteiger partial charge is 0.0999 e. The van der Waals surface area contributed by atoms with Gasteiger partial charge in [0.15, 0.2) is 0 Å². The van der Waals surface area contributed by atoms with Crippen LogP contribution >= 0.6 is 22.7 Å². The molecule has 41 heavy (non-hydrogen) atoms. The van der Waals surface area contributed by atoms with Crippen molar-refractivity contribution in [1.29, 1.82) is 0 Å². The van der Waals surface area contributed by atoms with E-state index in [9.17, 15) is 0 Å². The highest BCUT2D eigenvalue weighted by molar-refractivity contribution is 7.14. The lowest BCUT2D eigenvalue weighted by molar-refractivity contribution is 0.524. The predicted octanol–water partition coefficient (Wildman–Crippen LogP) is 11.8. The summed E-state index contributed by atoms with van der Waals surface area (Å²) in [5.74, 6) is 0. The van der Waals surface area contributed by atoms with Gasteiger partial charge in [0, 0.05) is 28.2 Å². The van der Waals surface area contributed by atoms with Gasteiger partial charge in [0.1, 0.15) is 0 Å². The zero-order chi connectivity index (χ0) is 27.8. The Morgan fingerprint density at radius 1 is 0.537 bits per heavy atom. The second-order valence-corrected chi connectivity index (χ2v) is 12.6. The monoisotopic (exact) mass is 568 g/mol. The van der Waals surface area contributed by atoms with E-state index >= 15 is 0 Å². The number of nitrogens with zero attached hydrogens (tertiary/aromatic N) is 2. The van der Waals surface area contributed by atoms with Crippen molar-refractivity contribution in [1.82, 2.24) is 0 Å². The van der Waals surface area contributed by atoms with E-state index in [1.165, 1.54) is 55.0 Å². The van der Waals surface area contributed by atoms with Crippen LogP contribution in [0.25, 0.3) is 11.1 Å². The summed E-state index contributed by atoms with van der Waals surface area (Å²) >= 11 is 3.55. The first kappa shape index (κ1) is 25.8.